The van der Waals surface area contributed by atoms with E-state index in [-0.39, 0.29) is 26.1 Å². The third kappa shape index (κ3) is 52.6. The van der Waals surface area contributed by atoms with Gasteiger partial charge < -0.3 is 27.9 Å². The SMILES string of the molecule is CC/C=C\C/C=C\C/C=C\C/C=C\CCCCCCCCCCCCCCCCCCCCC(=O)OC(COC(=O)CCCCC/C=C\C/C=C\C/C=C\CC)COP(=O)([O-])OCC[N+](C)(C)C. The molecule has 0 aromatic carbocycles. The lowest BCUT2D eigenvalue weighted by atomic mass is 10.0. The maximum atomic E-state index is 12.8. The van der Waals surface area contributed by atoms with Crippen molar-refractivity contribution < 1.29 is 42.1 Å². The van der Waals surface area contributed by atoms with Gasteiger partial charge in [-0.15, -0.1) is 0 Å². The molecule has 0 heterocycles. The van der Waals surface area contributed by atoms with Gasteiger partial charge in [0.25, 0.3) is 7.82 Å². The second kappa shape index (κ2) is 49.2. The highest BCUT2D eigenvalue weighted by Crippen LogP contribution is 2.38. The monoisotopic (exact) mass is 972 g/mol. The second-order valence-corrected chi connectivity index (χ2v) is 20.6. The average molecular weight is 972 g/mol. The number of phosphoric ester groups is 1. The summed E-state index contributed by atoms with van der Waals surface area (Å²) in [7, 11) is 1.14. The van der Waals surface area contributed by atoms with Gasteiger partial charge in [-0.3, -0.25) is 14.2 Å². The fourth-order valence-electron chi connectivity index (χ4n) is 7.25. The molecule has 0 spiro atoms. The first-order chi connectivity index (χ1) is 33.0. The lowest BCUT2D eigenvalue weighted by Gasteiger charge is -2.28. The average Bonchev–Trinajstić information content (AvgIpc) is 3.30. The fourth-order valence-corrected chi connectivity index (χ4v) is 7.98. The van der Waals surface area contributed by atoms with Crippen LogP contribution in [0.25, 0.3) is 0 Å². The van der Waals surface area contributed by atoms with Crippen molar-refractivity contribution in [3.63, 3.8) is 0 Å². The number of hydrogen-bond donors (Lipinski definition) is 0. The summed E-state index contributed by atoms with van der Waals surface area (Å²) in [5.41, 5.74) is 0. The van der Waals surface area contributed by atoms with Gasteiger partial charge in [0.05, 0.1) is 27.7 Å². The maximum Gasteiger partial charge on any atom is 0.306 e. The van der Waals surface area contributed by atoms with Crippen molar-refractivity contribution in [3.05, 3.63) is 85.1 Å². The molecule has 0 aromatic heterocycles. The number of rotatable bonds is 49. The lowest BCUT2D eigenvalue weighted by molar-refractivity contribution is -0.870. The molecule has 0 amide bonds. The molecule has 0 radical (unpaired) electrons. The number of nitrogens with zero attached hydrogens (tertiary/aromatic N) is 1. The van der Waals surface area contributed by atoms with Crippen LogP contribution in [0.4, 0.5) is 0 Å². The predicted molar refractivity (Wildman–Crippen MR) is 286 cm³/mol. The zero-order valence-corrected chi connectivity index (χ0v) is 45.2. The van der Waals surface area contributed by atoms with Crippen LogP contribution in [-0.4, -0.2) is 70.0 Å². The Bertz CT molecular complexity index is 1420. The molecule has 68 heavy (non-hydrogen) atoms. The molecule has 0 bridgehead atoms. The molecular weight excluding hydrogens is 870 g/mol. The van der Waals surface area contributed by atoms with Crippen LogP contribution in [-0.2, 0) is 32.7 Å². The van der Waals surface area contributed by atoms with E-state index >= 15 is 0 Å². The Balaban J connectivity index is 4.08. The quantitative estimate of drug-likeness (QED) is 0.0195. The molecule has 0 fully saturated rings. The zero-order valence-electron chi connectivity index (χ0n) is 44.3. The molecule has 392 valence electrons. The van der Waals surface area contributed by atoms with E-state index in [1.54, 1.807) is 0 Å². The summed E-state index contributed by atoms with van der Waals surface area (Å²) in [6.07, 6.45) is 65.0. The Labute approximate surface area is 418 Å². The third-order valence-electron chi connectivity index (χ3n) is 11.4. The number of carbonyl (C=O) groups excluding carboxylic acids is 2. The Morgan fingerprint density at radius 1 is 0.456 bits per heavy atom. The Morgan fingerprint density at radius 3 is 1.19 bits per heavy atom. The second-order valence-electron chi connectivity index (χ2n) is 19.2. The van der Waals surface area contributed by atoms with Crippen molar-refractivity contribution in [1.82, 2.24) is 0 Å². The first-order valence-corrected chi connectivity index (χ1v) is 28.8. The van der Waals surface area contributed by atoms with Gasteiger partial charge in [-0.2, -0.15) is 0 Å². The van der Waals surface area contributed by atoms with Crippen LogP contribution in [0.5, 0.6) is 0 Å². The summed E-state index contributed by atoms with van der Waals surface area (Å²) < 4.78 is 34.0. The van der Waals surface area contributed by atoms with Gasteiger partial charge >= 0.3 is 11.9 Å². The van der Waals surface area contributed by atoms with E-state index in [4.69, 9.17) is 18.5 Å². The number of quaternary nitrogens is 1. The highest BCUT2D eigenvalue weighted by molar-refractivity contribution is 7.45. The molecule has 0 aromatic rings. The van der Waals surface area contributed by atoms with Crippen molar-refractivity contribution in [2.24, 2.45) is 0 Å². The Kier molecular flexibility index (Phi) is 47.2. The van der Waals surface area contributed by atoms with E-state index < -0.39 is 32.5 Å². The van der Waals surface area contributed by atoms with E-state index in [1.165, 1.54) is 96.3 Å². The normalized spacial score (nSPS) is 14.0. The number of hydrogen-bond acceptors (Lipinski definition) is 8. The van der Waals surface area contributed by atoms with Gasteiger partial charge in [0, 0.05) is 12.8 Å². The molecule has 0 saturated heterocycles. The van der Waals surface area contributed by atoms with Crippen LogP contribution < -0.4 is 4.89 Å². The maximum absolute atomic E-state index is 12.8. The highest BCUT2D eigenvalue weighted by atomic mass is 31.2. The van der Waals surface area contributed by atoms with E-state index in [2.05, 4.69) is 98.9 Å². The smallest absolute Gasteiger partial charge is 0.306 e. The summed E-state index contributed by atoms with van der Waals surface area (Å²) in [5.74, 6) is -0.868. The molecule has 0 aliphatic carbocycles. The highest BCUT2D eigenvalue weighted by Gasteiger charge is 2.21. The number of likely N-dealkylation sites (N-methyl/N-ethyl adjacent to an activating group) is 1. The number of phosphoric acid groups is 1. The Hall–Kier alpha value is -2.81. The first kappa shape index (κ1) is 65.2. The van der Waals surface area contributed by atoms with E-state index in [0.29, 0.717) is 23.9 Å². The lowest BCUT2D eigenvalue weighted by Crippen LogP contribution is -2.37. The number of carbonyl (C=O) groups is 2. The number of unbranched alkanes of at least 4 members (excludes halogenated alkanes) is 21. The zero-order chi connectivity index (χ0) is 49.9. The molecule has 0 rings (SSSR count). The summed E-state index contributed by atoms with van der Waals surface area (Å²) in [6.45, 7) is 3.97. The topological polar surface area (TPSA) is 111 Å². The molecule has 0 aliphatic heterocycles. The van der Waals surface area contributed by atoms with Gasteiger partial charge in [-0.25, -0.2) is 0 Å². The van der Waals surface area contributed by atoms with Crippen LogP contribution in [0.2, 0.25) is 0 Å². The Morgan fingerprint density at radius 2 is 0.794 bits per heavy atom. The van der Waals surface area contributed by atoms with E-state index in [1.807, 2.05) is 21.1 Å². The summed E-state index contributed by atoms with van der Waals surface area (Å²) in [6, 6.07) is 0. The minimum absolute atomic E-state index is 0.0381. The van der Waals surface area contributed by atoms with Gasteiger partial charge in [-0.1, -0.05) is 208 Å². The van der Waals surface area contributed by atoms with Gasteiger partial charge in [0.2, 0.25) is 0 Å². The molecule has 9 nitrogen and oxygen atoms in total. The van der Waals surface area contributed by atoms with Crippen molar-refractivity contribution in [3.8, 4) is 0 Å². The van der Waals surface area contributed by atoms with Gasteiger partial charge in [-0.05, 0) is 83.5 Å². The molecule has 2 unspecified atom stereocenters. The fraction of sp³-hybridized carbons (Fsp3) is 0.724. The van der Waals surface area contributed by atoms with Crippen LogP contribution >= 0.6 is 7.82 Å². The van der Waals surface area contributed by atoms with Crippen LogP contribution in [0.15, 0.2) is 85.1 Å². The van der Waals surface area contributed by atoms with Crippen LogP contribution in [0.1, 0.15) is 219 Å². The largest absolute Gasteiger partial charge is 0.756 e. The minimum Gasteiger partial charge on any atom is -0.756 e. The van der Waals surface area contributed by atoms with Crippen molar-refractivity contribution >= 4 is 19.8 Å². The summed E-state index contributed by atoms with van der Waals surface area (Å²) in [4.78, 5) is 37.7. The van der Waals surface area contributed by atoms with E-state index in [0.717, 1.165) is 83.5 Å². The summed E-state index contributed by atoms with van der Waals surface area (Å²) >= 11 is 0. The molecule has 0 saturated carbocycles. The minimum atomic E-state index is -4.64. The van der Waals surface area contributed by atoms with Crippen molar-refractivity contribution in [2.45, 2.75) is 225 Å². The van der Waals surface area contributed by atoms with Crippen LogP contribution in [0, 0.1) is 0 Å². The van der Waals surface area contributed by atoms with Gasteiger partial charge in [0.15, 0.2) is 6.10 Å². The molecule has 0 N–H and O–H groups in total. The molecule has 2 atom stereocenters. The van der Waals surface area contributed by atoms with Crippen molar-refractivity contribution in [2.75, 3.05) is 47.5 Å². The van der Waals surface area contributed by atoms with Crippen LogP contribution in [0.3, 0.4) is 0 Å². The van der Waals surface area contributed by atoms with Crippen molar-refractivity contribution in [1.29, 1.82) is 0 Å². The predicted octanol–water partition coefficient (Wildman–Crippen LogP) is 16.1. The van der Waals surface area contributed by atoms with E-state index in [9.17, 15) is 19.0 Å². The number of ether oxygens (including phenoxy) is 2. The molecular formula is C58H102NO8P. The standard InChI is InChI=1S/C58H102NO8P/c1-6-8-10-12-14-16-18-20-21-22-23-24-25-26-27-28-29-30-31-32-33-34-35-36-37-39-41-43-45-47-49-51-58(61)67-56(55-66-68(62,63)65-53-52-59(3,4)5)54-64-57(60)50-48-46-44-42-40-38-19-17-15-13-11-9-7-2/h8-11,14-17,20-21,23-24,38,40,56H,6-7,12-13,18-19,22,25-37,39,41-55H2,1-5H3/b10-8-,11-9-,16-14-,17-15-,21-20-,24-23-,40-38-. The number of esters is 2. The molecule has 10 heteroatoms. The third-order valence-corrected chi connectivity index (χ3v) is 12.4. The number of allylic oxidation sites excluding steroid dienone is 14. The summed E-state index contributed by atoms with van der Waals surface area (Å²) in [5, 5.41) is 0. The molecule has 0 aliphatic rings. The van der Waals surface area contributed by atoms with Gasteiger partial charge in [0.1, 0.15) is 19.8 Å². The first-order valence-electron chi connectivity index (χ1n) is 27.3.